The van der Waals surface area contributed by atoms with Gasteiger partial charge in [-0.1, -0.05) is 36.4 Å². The minimum absolute atomic E-state index is 0.285. The molecular formula is C22H15F2N3S. The fourth-order valence-electron chi connectivity index (χ4n) is 3.84. The minimum Gasteiger partial charge on any atom is -0.281 e. The molecule has 3 nitrogen and oxygen atoms in total. The first kappa shape index (κ1) is 17.0. The van der Waals surface area contributed by atoms with Gasteiger partial charge in [0.1, 0.15) is 17.3 Å². The van der Waals surface area contributed by atoms with Crippen molar-refractivity contribution in [3.63, 3.8) is 0 Å². The third kappa shape index (κ3) is 2.68. The maximum atomic E-state index is 13.5. The van der Waals surface area contributed by atoms with Gasteiger partial charge in [-0.05, 0) is 35.4 Å². The molecule has 0 unspecified atom stereocenters. The molecule has 5 rings (SSSR count). The molecule has 0 atom stereocenters. The van der Waals surface area contributed by atoms with Gasteiger partial charge in [0.2, 0.25) is 0 Å². The van der Waals surface area contributed by atoms with E-state index in [-0.39, 0.29) is 11.6 Å². The Morgan fingerprint density at radius 2 is 1.57 bits per heavy atom. The van der Waals surface area contributed by atoms with Crippen LogP contribution in [0.3, 0.4) is 0 Å². The second-order valence-corrected chi connectivity index (χ2v) is 7.71. The first-order valence-electron chi connectivity index (χ1n) is 8.83. The number of hydrogen-bond acceptors (Lipinski definition) is 3. The van der Waals surface area contributed by atoms with Crippen molar-refractivity contribution in [3.8, 4) is 10.6 Å². The molecule has 138 valence electrons. The van der Waals surface area contributed by atoms with Crippen LogP contribution < -0.4 is 0 Å². The summed E-state index contributed by atoms with van der Waals surface area (Å²) in [6.45, 7) is 0. The Bertz CT molecular complexity index is 1100. The van der Waals surface area contributed by atoms with E-state index in [1.165, 1.54) is 35.6 Å². The number of aromatic nitrogens is 3. The summed E-state index contributed by atoms with van der Waals surface area (Å²) >= 11 is 1.54. The largest absolute Gasteiger partial charge is 0.281 e. The number of aromatic amines is 1. The van der Waals surface area contributed by atoms with Gasteiger partial charge in [0, 0.05) is 29.3 Å². The molecule has 1 N–H and O–H groups in total. The SMILES string of the molecule is Fc1ccc(C2(c3ccc(F)cc3)C=Cc3c(-c4cncs4)n[nH]c3C2)cc1. The van der Waals surface area contributed by atoms with Crippen LogP contribution in [0.5, 0.6) is 0 Å². The van der Waals surface area contributed by atoms with E-state index in [0.717, 1.165) is 33.0 Å². The van der Waals surface area contributed by atoms with E-state index in [1.54, 1.807) is 36.0 Å². The van der Waals surface area contributed by atoms with Gasteiger partial charge in [0.05, 0.1) is 10.4 Å². The van der Waals surface area contributed by atoms with Gasteiger partial charge in [-0.15, -0.1) is 11.3 Å². The van der Waals surface area contributed by atoms with Crippen molar-refractivity contribution in [2.75, 3.05) is 0 Å². The topological polar surface area (TPSA) is 41.6 Å². The normalized spacial score (nSPS) is 14.8. The summed E-state index contributed by atoms with van der Waals surface area (Å²) in [4.78, 5) is 5.14. The van der Waals surface area contributed by atoms with Crippen molar-refractivity contribution < 1.29 is 8.78 Å². The molecule has 0 saturated carbocycles. The second-order valence-electron chi connectivity index (χ2n) is 6.83. The van der Waals surface area contributed by atoms with Crippen molar-refractivity contribution >= 4 is 17.4 Å². The highest BCUT2D eigenvalue weighted by atomic mass is 32.1. The van der Waals surface area contributed by atoms with Gasteiger partial charge in [-0.25, -0.2) is 8.78 Å². The van der Waals surface area contributed by atoms with E-state index < -0.39 is 5.41 Å². The first-order valence-corrected chi connectivity index (χ1v) is 9.71. The van der Waals surface area contributed by atoms with Crippen LogP contribution in [-0.2, 0) is 11.8 Å². The number of halogens is 2. The zero-order valence-electron chi connectivity index (χ0n) is 14.7. The monoisotopic (exact) mass is 391 g/mol. The highest BCUT2D eigenvalue weighted by Crippen LogP contribution is 2.43. The lowest BCUT2D eigenvalue weighted by molar-refractivity contribution is 0.599. The van der Waals surface area contributed by atoms with Crippen molar-refractivity contribution in [3.05, 3.63) is 100 Å². The molecule has 0 spiro atoms. The maximum absolute atomic E-state index is 13.5. The first-order chi connectivity index (χ1) is 13.7. The summed E-state index contributed by atoms with van der Waals surface area (Å²) in [5.41, 5.74) is 6.02. The molecule has 2 aromatic carbocycles. The minimum atomic E-state index is -0.536. The number of rotatable bonds is 3. The molecule has 2 aromatic heterocycles. The van der Waals surface area contributed by atoms with E-state index >= 15 is 0 Å². The molecule has 2 heterocycles. The average molecular weight is 391 g/mol. The van der Waals surface area contributed by atoms with Crippen LogP contribution in [0.15, 0.2) is 66.3 Å². The van der Waals surface area contributed by atoms with Gasteiger partial charge in [-0.2, -0.15) is 5.10 Å². The summed E-state index contributed by atoms with van der Waals surface area (Å²) < 4.78 is 27.1. The second kappa shape index (κ2) is 6.49. The van der Waals surface area contributed by atoms with E-state index in [0.29, 0.717) is 6.42 Å². The van der Waals surface area contributed by atoms with Crippen molar-refractivity contribution in [2.24, 2.45) is 0 Å². The molecule has 1 aliphatic carbocycles. The Morgan fingerprint density at radius 1 is 0.929 bits per heavy atom. The van der Waals surface area contributed by atoms with E-state index in [2.05, 4.69) is 21.3 Å². The molecule has 6 heteroatoms. The molecule has 28 heavy (non-hydrogen) atoms. The summed E-state index contributed by atoms with van der Waals surface area (Å²) in [7, 11) is 0. The van der Waals surface area contributed by atoms with Gasteiger partial charge < -0.3 is 0 Å². The highest BCUT2D eigenvalue weighted by Gasteiger charge is 2.36. The molecule has 0 aliphatic heterocycles. The van der Waals surface area contributed by atoms with Crippen LogP contribution in [-0.4, -0.2) is 15.2 Å². The molecule has 0 amide bonds. The average Bonchev–Trinajstić information content (AvgIpc) is 3.38. The number of fused-ring (bicyclic) bond motifs is 1. The molecular weight excluding hydrogens is 376 g/mol. The summed E-state index contributed by atoms with van der Waals surface area (Å²) in [5.74, 6) is -0.569. The molecule has 0 saturated heterocycles. The smallest absolute Gasteiger partial charge is 0.123 e. The Labute approximate surface area is 164 Å². The third-order valence-electron chi connectivity index (χ3n) is 5.26. The van der Waals surface area contributed by atoms with Crippen LogP contribution in [0.1, 0.15) is 22.4 Å². The number of allylic oxidation sites excluding steroid dienone is 1. The van der Waals surface area contributed by atoms with Crippen molar-refractivity contribution in [1.82, 2.24) is 15.2 Å². The lowest BCUT2D eigenvalue weighted by Gasteiger charge is -2.34. The van der Waals surface area contributed by atoms with Crippen LogP contribution in [0, 0.1) is 11.6 Å². The number of H-pyrrole nitrogens is 1. The maximum Gasteiger partial charge on any atom is 0.123 e. The summed E-state index contributed by atoms with van der Waals surface area (Å²) in [6.07, 6.45) is 6.57. The van der Waals surface area contributed by atoms with Gasteiger partial charge >= 0.3 is 0 Å². The fourth-order valence-corrected chi connectivity index (χ4v) is 4.47. The Morgan fingerprint density at radius 3 is 2.14 bits per heavy atom. The Balaban J connectivity index is 1.66. The lowest BCUT2D eigenvalue weighted by Crippen LogP contribution is -2.30. The number of benzene rings is 2. The molecule has 4 aromatic rings. The van der Waals surface area contributed by atoms with Gasteiger partial charge in [-0.3, -0.25) is 10.1 Å². The quantitative estimate of drug-likeness (QED) is 0.510. The van der Waals surface area contributed by atoms with Crippen LogP contribution in [0.25, 0.3) is 16.6 Å². The standard InChI is InChI=1S/C22H15F2N3S/c23-16-5-1-14(2-6-16)22(15-3-7-17(24)8-4-15)10-9-18-19(11-22)26-27-21(18)20-12-25-13-28-20/h1-10,12-13H,11H2,(H,26,27). The Hall–Kier alpha value is -3.12. The Kier molecular flexibility index (Phi) is 3.94. The van der Waals surface area contributed by atoms with Gasteiger partial charge in [0.25, 0.3) is 0 Å². The van der Waals surface area contributed by atoms with Crippen molar-refractivity contribution in [2.45, 2.75) is 11.8 Å². The van der Waals surface area contributed by atoms with Gasteiger partial charge in [0.15, 0.2) is 0 Å². The van der Waals surface area contributed by atoms with E-state index in [1.807, 2.05) is 6.08 Å². The summed E-state index contributed by atoms with van der Waals surface area (Å²) in [5, 5.41) is 7.66. The summed E-state index contributed by atoms with van der Waals surface area (Å²) in [6, 6.07) is 13.0. The number of thiazole rings is 1. The van der Waals surface area contributed by atoms with E-state index in [9.17, 15) is 8.78 Å². The van der Waals surface area contributed by atoms with E-state index in [4.69, 9.17) is 0 Å². The predicted molar refractivity (Wildman–Crippen MR) is 106 cm³/mol. The fraction of sp³-hybridized carbons (Fsp3) is 0.0909. The zero-order valence-corrected chi connectivity index (χ0v) is 15.5. The molecule has 0 radical (unpaired) electrons. The zero-order chi connectivity index (χ0) is 19.1. The van der Waals surface area contributed by atoms with Crippen LogP contribution in [0.2, 0.25) is 0 Å². The molecule has 0 bridgehead atoms. The third-order valence-corrected chi connectivity index (χ3v) is 6.04. The van der Waals surface area contributed by atoms with Crippen LogP contribution in [0.4, 0.5) is 8.78 Å². The molecule has 0 fully saturated rings. The number of nitrogens with one attached hydrogen (secondary N) is 1. The number of nitrogens with zero attached hydrogens (tertiary/aromatic N) is 2. The van der Waals surface area contributed by atoms with Crippen LogP contribution >= 0.6 is 11.3 Å². The van der Waals surface area contributed by atoms with Crippen molar-refractivity contribution in [1.29, 1.82) is 0 Å². The lowest BCUT2D eigenvalue weighted by atomic mass is 9.68. The highest BCUT2D eigenvalue weighted by molar-refractivity contribution is 7.13. The predicted octanol–water partition coefficient (Wildman–Crippen LogP) is 5.37. The molecule has 1 aliphatic rings. The number of hydrogen-bond donors (Lipinski definition) is 1.